The first kappa shape index (κ1) is 16.3. The zero-order valence-electron chi connectivity index (χ0n) is 12.4. The average molecular weight is 348 g/mol. The molecule has 2 aromatic heterocycles. The van der Waals surface area contributed by atoms with Crippen molar-refractivity contribution in [1.82, 2.24) is 20.4 Å². The van der Waals surface area contributed by atoms with Gasteiger partial charge in [0.05, 0.1) is 11.9 Å². The molecular formula is C15H10F2N4O4. The Kier molecular flexibility index (Phi) is 4.50. The predicted molar refractivity (Wildman–Crippen MR) is 79.7 cm³/mol. The van der Waals surface area contributed by atoms with Crippen molar-refractivity contribution in [2.45, 2.75) is 6.61 Å². The van der Waals surface area contributed by atoms with E-state index in [9.17, 15) is 13.6 Å². The number of carbonyl (C=O) groups is 1. The van der Waals surface area contributed by atoms with Crippen molar-refractivity contribution in [1.29, 1.82) is 0 Å². The lowest BCUT2D eigenvalue weighted by Gasteiger charge is -2.07. The summed E-state index contributed by atoms with van der Waals surface area (Å²) in [6.45, 7) is -2.91. The van der Waals surface area contributed by atoms with Crippen LogP contribution in [0.15, 0.2) is 42.6 Å². The van der Waals surface area contributed by atoms with E-state index in [-0.39, 0.29) is 23.1 Å². The maximum Gasteiger partial charge on any atom is 0.387 e. The Morgan fingerprint density at radius 3 is 2.72 bits per heavy atom. The molecule has 0 fully saturated rings. The first-order chi connectivity index (χ1) is 12.0. The first-order valence-corrected chi connectivity index (χ1v) is 6.86. The number of aromatic amines is 1. The fourth-order valence-corrected chi connectivity index (χ4v) is 1.98. The van der Waals surface area contributed by atoms with Gasteiger partial charge >= 0.3 is 12.6 Å². The molecule has 0 radical (unpaired) electrons. The molecule has 10 heteroatoms. The minimum atomic E-state index is -2.91. The van der Waals surface area contributed by atoms with E-state index in [1.165, 1.54) is 24.4 Å². The van der Waals surface area contributed by atoms with Gasteiger partial charge < -0.3 is 14.6 Å². The highest BCUT2D eigenvalue weighted by atomic mass is 19.3. The molecule has 0 aliphatic carbocycles. The number of hydrogen-bond acceptors (Lipinski definition) is 6. The number of aromatic carboxylic acids is 1. The molecule has 0 spiro atoms. The maximum atomic E-state index is 12.3. The third-order valence-corrected chi connectivity index (χ3v) is 3.04. The highest BCUT2D eigenvalue weighted by Crippen LogP contribution is 2.26. The van der Waals surface area contributed by atoms with Crippen LogP contribution in [-0.4, -0.2) is 38.1 Å². The quantitative estimate of drug-likeness (QED) is 0.704. The van der Waals surface area contributed by atoms with Gasteiger partial charge in [0.1, 0.15) is 11.5 Å². The Labute approximate surface area is 139 Å². The SMILES string of the molecule is O=C(O)c1[nH]nnc1Oc1ccc(-c2cccc(OC(F)F)c2)nc1. The number of halogens is 2. The van der Waals surface area contributed by atoms with E-state index in [0.717, 1.165) is 0 Å². The Balaban J connectivity index is 1.78. The average Bonchev–Trinajstić information content (AvgIpc) is 3.03. The van der Waals surface area contributed by atoms with Crippen LogP contribution in [0.3, 0.4) is 0 Å². The van der Waals surface area contributed by atoms with Gasteiger partial charge in [-0.05, 0) is 24.3 Å². The summed E-state index contributed by atoms with van der Waals surface area (Å²) in [5, 5.41) is 18.0. The minimum absolute atomic E-state index is 0.0170. The number of H-pyrrole nitrogens is 1. The Bertz CT molecular complexity index is 883. The number of nitrogens with zero attached hydrogens (tertiary/aromatic N) is 3. The molecule has 25 heavy (non-hydrogen) atoms. The van der Waals surface area contributed by atoms with Gasteiger partial charge in [0.2, 0.25) is 5.69 Å². The van der Waals surface area contributed by atoms with Gasteiger partial charge in [-0.3, -0.25) is 4.98 Å². The van der Waals surface area contributed by atoms with Gasteiger partial charge in [-0.25, -0.2) is 9.89 Å². The number of carboxylic acid groups (broad SMARTS) is 1. The molecule has 0 atom stereocenters. The van der Waals surface area contributed by atoms with Crippen molar-refractivity contribution in [3.63, 3.8) is 0 Å². The molecular weight excluding hydrogens is 338 g/mol. The number of carboxylic acids is 1. The maximum absolute atomic E-state index is 12.3. The van der Waals surface area contributed by atoms with Crippen LogP contribution in [0.5, 0.6) is 17.4 Å². The van der Waals surface area contributed by atoms with E-state index in [4.69, 9.17) is 9.84 Å². The van der Waals surface area contributed by atoms with E-state index in [1.54, 1.807) is 18.2 Å². The van der Waals surface area contributed by atoms with E-state index < -0.39 is 12.6 Å². The van der Waals surface area contributed by atoms with Crippen LogP contribution in [0.4, 0.5) is 8.78 Å². The van der Waals surface area contributed by atoms with Crippen LogP contribution in [0.1, 0.15) is 10.5 Å². The van der Waals surface area contributed by atoms with E-state index in [0.29, 0.717) is 11.3 Å². The van der Waals surface area contributed by atoms with Crippen LogP contribution in [0.2, 0.25) is 0 Å². The number of ether oxygens (including phenoxy) is 2. The van der Waals surface area contributed by atoms with Gasteiger partial charge in [-0.1, -0.05) is 22.4 Å². The molecule has 3 rings (SSSR count). The third-order valence-electron chi connectivity index (χ3n) is 3.04. The Morgan fingerprint density at radius 1 is 1.20 bits per heavy atom. The van der Waals surface area contributed by atoms with Crippen LogP contribution in [-0.2, 0) is 0 Å². The topological polar surface area (TPSA) is 110 Å². The van der Waals surface area contributed by atoms with Gasteiger partial charge in [0.25, 0.3) is 5.88 Å². The first-order valence-electron chi connectivity index (χ1n) is 6.86. The summed E-state index contributed by atoms with van der Waals surface area (Å²) < 4.78 is 34.2. The molecule has 0 aliphatic rings. The number of rotatable bonds is 6. The molecule has 0 amide bonds. The molecule has 2 N–H and O–H groups in total. The largest absolute Gasteiger partial charge is 0.476 e. The third kappa shape index (κ3) is 3.86. The molecule has 0 aliphatic heterocycles. The van der Waals surface area contributed by atoms with E-state index >= 15 is 0 Å². The van der Waals surface area contributed by atoms with Crippen LogP contribution in [0.25, 0.3) is 11.3 Å². The summed E-state index contributed by atoms with van der Waals surface area (Å²) in [6, 6.07) is 9.19. The van der Waals surface area contributed by atoms with Crippen LogP contribution in [0, 0.1) is 0 Å². The van der Waals surface area contributed by atoms with Crippen molar-refractivity contribution in [3.8, 4) is 28.6 Å². The van der Waals surface area contributed by atoms with Gasteiger partial charge in [-0.2, -0.15) is 8.78 Å². The number of benzene rings is 1. The smallest absolute Gasteiger partial charge is 0.387 e. The zero-order chi connectivity index (χ0) is 17.8. The lowest BCUT2D eigenvalue weighted by molar-refractivity contribution is -0.0498. The van der Waals surface area contributed by atoms with E-state index in [2.05, 4.69) is 25.1 Å². The van der Waals surface area contributed by atoms with E-state index in [1.807, 2.05) is 0 Å². The molecule has 1 aromatic carbocycles. The number of aromatic nitrogens is 4. The lowest BCUT2D eigenvalue weighted by Crippen LogP contribution is -2.01. The molecule has 128 valence electrons. The second-order valence-electron chi connectivity index (χ2n) is 4.68. The molecule has 0 saturated heterocycles. The number of nitrogens with one attached hydrogen (secondary N) is 1. The van der Waals surface area contributed by atoms with Crippen molar-refractivity contribution in [2.75, 3.05) is 0 Å². The summed E-state index contributed by atoms with van der Waals surface area (Å²) in [5.41, 5.74) is 0.768. The van der Waals surface area contributed by atoms with Crippen molar-refractivity contribution < 1.29 is 28.2 Å². The normalized spacial score (nSPS) is 10.7. The Morgan fingerprint density at radius 2 is 2.04 bits per heavy atom. The number of pyridine rings is 1. The number of hydrogen-bond donors (Lipinski definition) is 2. The second kappa shape index (κ2) is 6.91. The van der Waals surface area contributed by atoms with Gasteiger partial charge in [0, 0.05) is 5.56 Å². The summed E-state index contributed by atoms with van der Waals surface area (Å²) >= 11 is 0. The van der Waals surface area contributed by atoms with Crippen molar-refractivity contribution in [2.24, 2.45) is 0 Å². The summed E-state index contributed by atoms with van der Waals surface area (Å²) in [6.07, 6.45) is 1.34. The second-order valence-corrected chi connectivity index (χ2v) is 4.68. The van der Waals surface area contributed by atoms with Crippen molar-refractivity contribution >= 4 is 5.97 Å². The molecule has 3 aromatic rings. The number of alkyl halides is 2. The fraction of sp³-hybridized carbons (Fsp3) is 0.0667. The molecule has 0 saturated carbocycles. The Hall–Kier alpha value is -3.56. The van der Waals surface area contributed by atoms with Crippen LogP contribution < -0.4 is 9.47 Å². The molecule has 2 heterocycles. The summed E-state index contributed by atoms with van der Waals surface area (Å²) in [4.78, 5) is 15.1. The monoisotopic (exact) mass is 348 g/mol. The molecule has 0 bridgehead atoms. The van der Waals surface area contributed by atoms with Crippen molar-refractivity contribution in [3.05, 3.63) is 48.3 Å². The lowest BCUT2D eigenvalue weighted by atomic mass is 10.1. The standard InChI is InChI=1S/C15H10F2N4O4/c16-15(17)25-9-3-1-2-8(6-9)11-5-4-10(7-18-11)24-13-12(14(22)23)19-21-20-13/h1-7,15H,(H,22,23)(H,19,20,21). The minimum Gasteiger partial charge on any atom is -0.476 e. The summed E-state index contributed by atoms with van der Waals surface area (Å²) in [7, 11) is 0. The molecule has 0 unspecified atom stereocenters. The molecule has 8 nitrogen and oxygen atoms in total. The predicted octanol–water partition coefficient (Wildman–Crippen LogP) is 2.96. The highest BCUT2D eigenvalue weighted by Gasteiger charge is 2.16. The fourth-order valence-electron chi connectivity index (χ4n) is 1.98. The zero-order valence-corrected chi connectivity index (χ0v) is 12.4. The van der Waals surface area contributed by atoms with Gasteiger partial charge in [0.15, 0.2) is 0 Å². The highest BCUT2D eigenvalue weighted by molar-refractivity contribution is 5.87. The van der Waals surface area contributed by atoms with Crippen LogP contribution >= 0.6 is 0 Å². The summed E-state index contributed by atoms with van der Waals surface area (Å²) in [5.74, 6) is -1.21. The van der Waals surface area contributed by atoms with Gasteiger partial charge in [-0.15, -0.1) is 0 Å².